The molecule has 8 heteroatoms. The number of carbonyl (C=O) groups is 1. The molecule has 0 aliphatic carbocycles. The molecule has 0 fully saturated rings. The zero-order valence-electron chi connectivity index (χ0n) is 13.8. The van der Waals surface area contributed by atoms with Crippen molar-refractivity contribution in [3.63, 3.8) is 0 Å². The molecule has 3 rings (SSSR count). The van der Waals surface area contributed by atoms with E-state index in [1.807, 2.05) is 30.3 Å². The second-order valence-corrected chi connectivity index (χ2v) is 7.91. The second kappa shape index (κ2) is 6.71. The molecule has 2 aromatic carbocycles. The average Bonchev–Trinajstić information content (AvgIpc) is 3.11. The van der Waals surface area contributed by atoms with Crippen molar-refractivity contribution in [3.8, 4) is 11.3 Å². The highest BCUT2D eigenvalue weighted by molar-refractivity contribution is 7.96. The van der Waals surface area contributed by atoms with Gasteiger partial charge in [0.1, 0.15) is 11.1 Å². The van der Waals surface area contributed by atoms with Gasteiger partial charge >= 0.3 is 0 Å². The van der Waals surface area contributed by atoms with E-state index in [-0.39, 0.29) is 4.90 Å². The standard InChI is InChI=1S/C18H16N2O4S2/c1-18(17(21)25,13-7-9-14(10-8-13)26(19,22)23)16-11-15(20-24-16)12-5-3-2-4-6-12/h2-11H,1H3,(H,21,25)(H2,19,22,23). The Hall–Kier alpha value is -2.42. The van der Waals surface area contributed by atoms with Crippen molar-refractivity contribution in [1.82, 2.24) is 5.16 Å². The monoisotopic (exact) mass is 388 g/mol. The molecule has 0 saturated heterocycles. The van der Waals surface area contributed by atoms with E-state index in [1.54, 1.807) is 13.0 Å². The van der Waals surface area contributed by atoms with Gasteiger partial charge in [0.25, 0.3) is 0 Å². The molecule has 1 aromatic heterocycles. The van der Waals surface area contributed by atoms with E-state index in [9.17, 15) is 13.2 Å². The second-order valence-electron chi connectivity index (χ2n) is 5.94. The number of thiol groups is 1. The van der Waals surface area contributed by atoms with E-state index >= 15 is 0 Å². The number of primary sulfonamides is 1. The molecular weight excluding hydrogens is 372 g/mol. The molecule has 0 bridgehead atoms. The van der Waals surface area contributed by atoms with Crippen molar-refractivity contribution in [3.05, 3.63) is 72.0 Å². The minimum Gasteiger partial charge on any atom is -0.359 e. The number of aromatic nitrogens is 1. The van der Waals surface area contributed by atoms with Crippen molar-refractivity contribution in [1.29, 1.82) is 0 Å². The van der Waals surface area contributed by atoms with E-state index in [0.29, 0.717) is 17.0 Å². The zero-order chi connectivity index (χ0) is 18.9. The predicted molar refractivity (Wildman–Crippen MR) is 100 cm³/mol. The van der Waals surface area contributed by atoms with Crippen LogP contribution in [0.2, 0.25) is 0 Å². The van der Waals surface area contributed by atoms with E-state index < -0.39 is 20.6 Å². The Morgan fingerprint density at radius 3 is 2.27 bits per heavy atom. The van der Waals surface area contributed by atoms with Crippen LogP contribution in [0.15, 0.2) is 70.1 Å². The van der Waals surface area contributed by atoms with Gasteiger partial charge < -0.3 is 4.52 Å². The maximum atomic E-state index is 12.3. The quantitative estimate of drug-likeness (QED) is 0.654. The van der Waals surface area contributed by atoms with Gasteiger partial charge in [-0.3, -0.25) is 4.79 Å². The number of hydrogen-bond acceptors (Lipinski definition) is 5. The van der Waals surface area contributed by atoms with Crippen LogP contribution in [0.1, 0.15) is 18.2 Å². The minimum atomic E-state index is -3.82. The minimum absolute atomic E-state index is 0.0437. The molecule has 1 heterocycles. The lowest BCUT2D eigenvalue weighted by Gasteiger charge is -2.23. The van der Waals surface area contributed by atoms with Crippen molar-refractivity contribution >= 4 is 27.8 Å². The first-order valence-electron chi connectivity index (χ1n) is 7.62. The first-order chi connectivity index (χ1) is 12.2. The first kappa shape index (κ1) is 18.4. The van der Waals surface area contributed by atoms with Gasteiger partial charge in [-0.05, 0) is 24.6 Å². The van der Waals surface area contributed by atoms with Crippen LogP contribution in [0.3, 0.4) is 0 Å². The lowest BCUT2D eigenvalue weighted by atomic mass is 9.81. The highest BCUT2D eigenvalue weighted by Gasteiger charge is 2.39. The van der Waals surface area contributed by atoms with Crippen LogP contribution in [-0.2, 0) is 20.2 Å². The van der Waals surface area contributed by atoms with Crippen LogP contribution in [0, 0.1) is 0 Å². The van der Waals surface area contributed by atoms with E-state index in [2.05, 4.69) is 17.8 Å². The smallest absolute Gasteiger partial charge is 0.238 e. The fourth-order valence-corrected chi connectivity index (χ4v) is 3.36. The fraction of sp³-hybridized carbons (Fsp3) is 0.111. The van der Waals surface area contributed by atoms with Crippen LogP contribution >= 0.6 is 12.6 Å². The lowest BCUT2D eigenvalue weighted by molar-refractivity contribution is -0.114. The Kier molecular flexibility index (Phi) is 4.74. The summed E-state index contributed by atoms with van der Waals surface area (Å²) in [6, 6.07) is 16.8. The lowest BCUT2D eigenvalue weighted by Crippen LogP contribution is -2.30. The van der Waals surface area contributed by atoms with Crippen LogP contribution in [0.25, 0.3) is 11.3 Å². The van der Waals surface area contributed by atoms with Crippen LogP contribution in [0.5, 0.6) is 0 Å². The van der Waals surface area contributed by atoms with Gasteiger partial charge in [0.2, 0.25) is 15.1 Å². The van der Waals surface area contributed by atoms with Gasteiger partial charge in [0.15, 0.2) is 5.76 Å². The SMILES string of the molecule is CC(C(=O)S)(c1ccc(S(N)(=O)=O)cc1)c1cc(-c2ccccc2)no1. The fourth-order valence-electron chi connectivity index (χ4n) is 2.60. The third kappa shape index (κ3) is 3.31. The number of benzene rings is 2. The highest BCUT2D eigenvalue weighted by atomic mass is 32.2. The van der Waals surface area contributed by atoms with Gasteiger partial charge in [0.05, 0.1) is 4.90 Å². The summed E-state index contributed by atoms with van der Waals surface area (Å²) in [6.45, 7) is 1.64. The van der Waals surface area contributed by atoms with Gasteiger partial charge in [-0.15, -0.1) is 12.6 Å². The topological polar surface area (TPSA) is 103 Å². The third-order valence-corrected chi connectivity index (χ3v) is 5.64. The third-order valence-electron chi connectivity index (χ3n) is 4.26. The first-order valence-corrected chi connectivity index (χ1v) is 9.61. The summed E-state index contributed by atoms with van der Waals surface area (Å²) in [5.41, 5.74) is 0.712. The summed E-state index contributed by atoms with van der Waals surface area (Å²) in [7, 11) is -3.82. The maximum absolute atomic E-state index is 12.3. The Bertz CT molecular complexity index is 1040. The number of hydrogen-bond donors (Lipinski definition) is 2. The number of sulfonamides is 1. The molecule has 26 heavy (non-hydrogen) atoms. The molecule has 134 valence electrons. The molecule has 6 nitrogen and oxygen atoms in total. The van der Waals surface area contributed by atoms with Gasteiger partial charge in [0, 0.05) is 11.6 Å². The molecule has 0 aliphatic rings. The van der Waals surface area contributed by atoms with Crippen LogP contribution < -0.4 is 5.14 Å². The molecule has 0 amide bonds. The predicted octanol–water partition coefficient (Wildman–Crippen LogP) is 2.75. The van der Waals surface area contributed by atoms with Gasteiger partial charge in [-0.1, -0.05) is 47.6 Å². The summed E-state index contributed by atoms with van der Waals surface area (Å²) < 4.78 is 28.3. The number of carbonyl (C=O) groups excluding carboxylic acids is 1. The molecule has 0 saturated carbocycles. The van der Waals surface area contributed by atoms with E-state index in [1.165, 1.54) is 24.3 Å². The largest absolute Gasteiger partial charge is 0.359 e. The molecule has 2 N–H and O–H groups in total. The van der Waals surface area contributed by atoms with Crippen LogP contribution in [-0.4, -0.2) is 18.7 Å². The number of nitrogens with two attached hydrogens (primary N) is 1. The van der Waals surface area contributed by atoms with Crippen molar-refractivity contribution in [2.75, 3.05) is 0 Å². The van der Waals surface area contributed by atoms with Crippen LogP contribution in [0.4, 0.5) is 0 Å². The summed E-state index contributed by atoms with van der Waals surface area (Å²) in [5, 5.41) is 8.69. The summed E-state index contributed by atoms with van der Waals surface area (Å²) in [6.07, 6.45) is 0. The summed E-state index contributed by atoms with van der Waals surface area (Å²) >= 11 is 4.01. The van der Waals surface area contributed by atoms with Gasteiger partial charge in [-0.2, -0.15) is 0 Å². The molecule has 1 atom stereocenters. The maximum Gasteiger partial charge on any atom is 0.238 e. The molecule has 0 spiro atoms. The Balaban J connectivity index is 2.06. The van der Waals surface area contributed by atoms with Crippen molar-refractivity contribution in [2.45, 2.75) is 17.2 Å². The highest BCUT2D eigenvalue weighted by Crippen LogP contribution is 2.36. The number of nitrogens with zero attached hydrogens (tertiary/aromatic N) is 1. The van der Waals surface area contributed by atoms with Gasteiger partial charge in [-0.25, -0.2) is 13.6 Å². The number of rotatable bonds is 5. The summed E-state index contributed by atoms with van der Waals surface area (Å²) in [4.78, 5) is 12.3. The van der Waals surface area contributed by atoms with E-state index in [0.717, 1.165) is 5.56 Å². The molecular formula is C18H16N2O4S2. The molecule has 3 aromatic rings. The molecule has 0 aliphatic heterocycles. The zero-order valence-corrected chi connectivity index (χ0v) is 15.5. The average molecular weight is 388 g/mol. The Morgan fingerprint density at radius 2 is 1.73 bits per heavy atom. The molecule has 1 unspecified atom stereocenters. The summed E-state index contributed by atoms with van der Waals surface area (Å²) in [5.74, 6) is 0.305. The normalized spacial score (nSPS) is 14.0. The van der Waals surface area contributed by atoms with Crippen molar-refractivity contribution in [2.24, 2.45) is 5.14 Å². The van der Waals surface area contributed by atoms with Crippen molar-refractivity contribution < 1.29 is 17.7 Å². The molecule has 0 radical (unpaired) electrons. The Morgan fingerprint density at radius 1 is 1.12 bits per heavy atom. The van der Waals surface area contributed by atoms with E-state index in [4.69, 9.17) is 9.66 Å². The Labute approximate surface area is 156 Å².